The molecule has 45 heavy (non-hydrogen) atoms. The molecular formula is C33H43F4N5O3. The molecule has 1 aromatic rings. The Balaban J connectivity index is 2.53. The van der Waals surface area contributed by atoms with E-state index in [1.807, 2.05) is 26.8 Å². The third-order valence-electron chi connectivity index (χ3n) is 6.64. The van der Waals surface area contributed by atoms with Gasteiger partial charge >= 0.3 is 6.61 Å². The van der Waals surface area contributed by atoms with Crippen molar-refractivity contribution in [3.8, 4) is 11.8 Å². The van der Waals surface area contributed by atoms with Crippen LogP contribution < -0.4 is 20.7 Å². The number of alkyl halides is 4. The molecule has 1 amide bonds. The Labute approximate surface area is 262 Å². The molecule has 0 atom stereocenters. The quantitative estimate of drug-likeness (QED) is 0.0670. The molecule has 0 bridgehead atoms. The highest BCUT2D eigenvalue weighted by atomic mass is 19.3. The zero-order valence-electron chi connectivity index (χ0n) is 26.3. The van der Waals surface area contributed by atoms with Gasteiger partial charge in [-0.3, -0.25) is 10.2 Å². The van der Waals surface area contributed by atoms with Crippen molar-refractivity contribution in [3.05, 3.63) is 70.2 Å². The zero-order chi connectivity index (χ0) is 33.6. The van der Waals surface area contributed by atoms with Crippen molar-refractivity contribution in [2.75, 3.05) is 25.1 Å². The van der Waals surface area contributed by atoms with Crippen LogP contribution in [0.2, 0.25) is 0 Å². The van der Waals surface area contributed by atoms with Crippen LogP contribution in [0.5, 0.6) is 5.75 Å². The molecule has 1 fully saturated rings. The topological polar surface area (TPSA) is 119 Å². The van der Waals surface area contributed by atoms with Gasteiger partial charge in [0, 0.05) is 24.7 Å². The molecule has 0 radical (unpaired) electrons. The van der Waals surface area contributed by atoms with E-state index < -0.39 is 31.7 Å². The van der Waals surface area contributed by atoms with Gasteiger partial charge in [0.15, 0.2) is 6.61 Å². The zero-order valence-corrected chi connectivity index (χ0v) is 26.3. The van der Waals surface area contributed by atoms with Crippen molar-refractivity contribution < 1.29 is 31.8 Å². The van der Waals surface area contributed by atoms with Crippen LogP contribution in [0.1, 0.15) is 71.8 Å². The molecule has 0 unspecified atom stereocenters. The Morgan fingerprint density at radius 2 is 1.91 bits per heavy atom. The molecule has 1 aliphatic carbocycles. The first-order chi connectivity index (χ1) is 21.3. The smallest absolute Gasteiger partial charge is 0.345 e. The predicted octanol–water partition coefficient (Wildman–Crippen LogP) is 7.53. The maximum atomic E-state index is 13.4. The molecule has 0 spiro atoms. The SMILES string of the molecule is C=C(CC/C(C#N)=C\CCC)C(=N)/C(NC(=O)COC(F)F)=C(\NCC)C(Nc1ccc(OCC(C)(F)F)cc1CC)=C1CC1. The van der Waals surface area contributed by atoms with E-state index in [0.29, 0.717) is 47.6 Å². The van der Waals surface area contributed by atoms with Gasteiger partial charge in [0.25, 0.3) is 11.8 Å². The minimum atomic E-state index is -3.15. The van der Waals surface area contributed by atoms with E-state index in [9.17, 15) is 27.6 Å². The fourth-order valence-electron chi connectivity index (χ4n) is 4.21. The lowest BCUT2D eigenvalue weighted by Gasteiger charge is -2.24. The summed E-state index contributed by atoms with van der Waals surface area (Å²) < 4.78 is 61.6. The number of benzene rings is 1. The van der Waals surface area contributed by atoms with E-state index in [0.717, 1.165) is 43.7 Å². The van der Waals surface area contributed by atoms with E-state index in [2.05, 4.69) is 33.3 Å². The molecule has 12 heteroatoms. The number of allylic oxidation sites excluding steroid dienone is 4. The molecule has 2 rings (SSSR count). The first-order valence-electron chi connectivity index (χ1n) is 15.0. The Morgan fingerprint density at radius 1 is 1.20 bits per heavy atom. The number of carbonyl (C=O) groups excluding carboxylic acids is 1. The van der Waals surface area contributed by atoms with Crippen molar-refractivity contribution in [2.24, 2.45) is 0 Å². The first kappa shape index (κ1) is 37.1. The lowest BCUT2D eigenvalue weighted by molar-refractivity contribution is -0.151. The maximum absolute atomic E-state index is 13.4. The fraction of sp³-hybridized carbons (Fsp3) is 0.485. The Hall–Kier alpha value is -4.11. The molecular weight excluding hydrogens is 590 g/mol. The second-order valence-electron chi connectivity index (χ2n) is 10.6. The number of ether oxygens (including phenoxy) is 2. The Kier molecular flexibility index (Phi) is 14.8. The van der Waals surface area contributed by atoms with Crippen molar-refractivity contribution in [1.82, 2.24) is 10.6 Å². The number of unbranched alkanes of at least 4 members (excludes halogenated alkanes) is 1. The van der Waals surface area contributed by atoms with Crippen LogP contribution in [0.25, 0.3) is 0 Å². The van der Waals surface area contributed by atoms with Gasteiger partial charge in [0.05, 0.1) is 28.9 Å². The Morgan fingerprint density at radius 3 is 2.47 bits per heavy atom. The molecule has 8 nitrogen and oxygen atoms in total. The van der Waals surface area contributed by atoms with E-state index in [-0.39, 0.29) is 23.6 Å². The van der Waals surface area contributed by atoms with Crippen molar-refractivity contribution in [1.29, 1.82) is 10.7 Å². The summed E-state index contributed by atoms with van der Waals surface area (Å²) in [5, 5.41) is 27.7. The highest BCUT2D eigenvalue weighted by molar-refractivity contribution is 6.12. The molecule has 4 N–H and O–H groups in total. The number of amides is 1. The number of nitrogens with one attached hydrogen (secondary N) is 4. The number of likely N-dealkylation sites (N-methyl/N-ethyl adjacent to an activating group) is 1. The van der Waals surface area contributed by atoms with Gasteiger partial charge in [-0.05, 0) is 80.4 Å². The number of halogens is 4. The lowest BCUT2D eigenvalue weighted by Crippen LogP contribution is -2.36. The molecule has 246 valence electrons. The largest absolute Gasteiger partial charge is 0.487 e. The lowest BCUT2D eigenvalue weighted by atomic mass is 9.98. The first-order valence-corrected chi connectivity index (χ1v) is 15.0. The molecule has 0 saturated heterocycles. The average Bonchev–Trinajstić information content (AvgIpc) is 3.84. The number of aryl methyl sites for hydroxylation is 1. The standard InChI is InChI=1S/C33H43F4N5O3/c1-6-9-10-22(18-38)12-11-21(4)28(39)30(42-27(43)19-44-32(34)35)31(40-8-3)29(24-13-14-24)41-26-16-15-25(17-23(26)7-2)45-20-33(5,36)37/h10,15-17,32,39-41H,4,6-9,11-14,19-20H2,1-3,5H3,(H,42,43)/b22-10+,31-30+,39-28?. The van der Waals surface area contributed by atoms with E-state index in [1.165, 1.54) is 0 Å². The minimum Gasteiger partial charge on any atom is -0.487 e. The minimum absolute atomic E-state index is 0.0193. The molecule has 0 aromatic heterocycles. The fourth-order valence-corrected chi connectivity index (χ4v) is 4.21. The van der Waals surface area contributed by atoms with Crippen LogP contribution in [0.4, 0.5) is 23.2 Å². The second kappa shape index (κ2) is 18.0. The number of anilines is 1. The van der Waals surface area contributed by atoms with Gasteiger partial charge in [0.1, 0.15) is 12.4 Å². The summed E-state index contributed by atoms with van der Waals surface area (Å²) in [6.07, 6.45) is 6.08. The van der Waals surface area contributed by atoms with Crippen LogP contribution in [0.3, 0.4) is 0 Å². The van der Waals surface area contributed by atoms with Crippen LogP contribution in [-0.2, 0) is 16.0 Å². The summed E-state index contributed by atoms with van der Waals surface area (Å²) in [6.45, 7) is 6.08. The number of hydrogen-bond donors (Lipinski definition) is 4. The summed E-state index contributed by atoms with van der Waals surface area (Å²) >= 11 is 0. The summed E-state index contributed by atoms with van der Waals surface area (Å²) in [4.78, 5) is 12.7. The summed E-state index contributed by atoms with van der Waals surface area (Å²) in [5.74, 6) is -3.59. The predicted molar refractivity (Wildman–Crippen MR) is 167 cm³/mol. The number of hydrogen-bond acceptors (Lipinski definition) is 7. The number of nitriles is 1. The Bertz CT molecular complexity index is 1350. The van der Waals surface area contributed by atoms with Crippen LogP contribution in [0, 0.1) is 16.7 Å². The number of nitrogens with zero attached hydrogens (tertiary/aromatic N) is 1. The summed E-state index contributed by atoms with van der Waals surface area (Å²) in [6, 6.07) is 7.12. The molecule has 0 heterocycles. The third kappa shape index (κ3) is 12.8. The second-order valence-corrected chi connectivity index (χ2v) is 10.6. The van der Waals surface area contributed by atoms with E-state index in [1.54, 1.807) is 18.2 Å². The van der Waals surface area contributed by atoms with Crippen molar-refractivity contribution in [2.45, 2.75) is 85.2 Å². The molecule has 1 saturated carbocycles. The highest BCUT2D eigenvalue weighted by Gasteiger charge is 2.27. The molecule has 0 aliphatic heterocycles. The third-order valence-corrected chi connectivity index (χ3v) is 6.64. The van der Waals surface area contributed by atoms with Gasteiger partial charge in [0.2, 0.25) is 0 Å². The van der Waals surface area contributed by atoms with Gasteiger partial charge in [-0.15, -0.1) is 0 Å². The summed E-state index contributed by atoms with van der Waals surface area (Å²) in [5.41, 5.74) is 4.14. The van der Waals surface area contributed by atoms with E-state index >= 15 is 0 Å². The average molecular weight is 634 g/mol. The monoisotopic (exact) mass is 633 g/mol. The van der Waals surface area contributed by atoms with Crippen molar-refractivity contribution >= 4 is 17.3 Å². The molecule has 1 aliphatic rings. The van der Waals surface area contributed by atoms with Crippen molar-refractivity contribution in [3.63, 3.8) is 0 Å². The van der Waals surface area contributed by atoms with Gasteiger partial charge in [-0.2, -0.15) is 14.0 Å². The maximum Gasteiger partial charge on any atom is 0.345 e. The van der Waals surface area contributed by atoms with Gasteiger partial charge in [-0.25, -0.2) is 8.78 Å². The van der Waals surface area contributed by atoms with Gasteiger partial charge < -0.3 is 25.4 Å². The van der Waals surface area contributed by atoms with E-state index in [4.69, 9.17) is 10.1 Å². The van der Waals surface area contributed by atoms with Gasteiger partial charge in [-0.1, -0.05) is 32.9 Å². The van der Waals surface area contributed by atoms with Crippen LogP contribution >= 0.6 is 0 Å². The highest BCUT2D eigenvalue weighted by Crippen LogP contribution is 2.37. The van der Waals surface area contributed by atoms with Crippen LogP contribution in [-0.4, -0.2) is 43.9 Å². The molecule has 1 aromatic carbocycles. The number of rotatable bonds is 20. The normalized spacial score (nSPS) is 13.5. The summed E-state index contributed by atoms with van der Waals surface area (Å²) in [7, 11) is 0. The van der Waals surface area contributed by atoms with Crippen LogP contribution in [0.15, 0.2) is 64.7 Å². The number of carbonyl (C=O) groups is 1.